The molecule has 0 fully saturated rings. The second kappa shape index (κ2) is 11.4. The molecule has 2 aromatic rings. The van der Waals surface area contributed by atoms with Crippen LogP contribution in [-0.2, 0) is 9.53 Å². The first-order valence-corrected chi connectivity index (χ1v) is 10.8. The Bertz CT molecular complexity index is 963. The summed E-state index contributed by atoms with van der Waals surface area (Å²) in [6.07, 6.45) is 7.53. The smallest absolute Gasteiger partial charge is 0.330 e. The lowest BCUT2D eigenvalue weighted by molar-refractivity contribution is -0.137. The fraction of sp³-hybridized carbons (Fsp3) is 0.321. The molecule has 1 heterocycles. The Kier molecular flexibility index (Phi) is 8.87. The molecule has 0 saturated carbocycles. The molecule has 0 N–H and O–H groups in total. The summed E-state index contributed by atoms with van der Waals surface area (Å²) in [5.74, 6) is 0.715. The molecule has 0 radical (unpaired) electrons. The van der Waals surface area contributed by atoms with Gasteiger partial charge in [0.05, 0.1) is 13.2 Å². The van der Waals surface area contributed by atoms with Crippen molar-refractivity contribution in [2.24, 2.45) is 5.41 Å². The van der Waals surface area contributed by atoms with Crippen LogP contribution in [0.25, 0.3) is 16.7 Å². The van der Waals surface area contributed by atoms with Gasteiger partial charge in [0.15, 0.2) is 0 Å². The Morgan fingerprint density at radius 2 is 1.84 bits per heavy atom. The van der Waals surface area contributed by atoms with E-state index in [0.29, 0.717) is 6.61 Å². The molecule has 31 heavy (non-hydrogen) atoms. The van der Waals surface area contributed by atoms with Crippen molar-refractivity contribution in [3.05, 3.63) is 84.0 Å². The minimum absolute atomic E-state index is 0.0794. The second-order valence-electron chi connectivity index (χ2n) is 8.32. The molecule has 0 saturated heterocycles. The molecular weight excluding hydrogens is 384 g/mol. The highest BCUT2D eigenvalue weighted by Gasteiger charge is 2.22. The average Bonchev–Trinajstić information content (AvgIpc) is 2.84. The zero-order chi connectivity index (χ0) is 22.9. The summed E-state index contributed by atoms with van der Waals surface area (Å²) in [5, 5.41) is 0. The Labute approximate surface area is 187 Å². The summed E-state index contributed by atoms with van der Waals surface area (Å²) in [5.41, 5.74) is 5.96. The van der Waals surface area contributed by atoms with Gasteiger partial charge in [-0.2, -0.15) is 0 Å². The van der Waals surface area contributed by atoms with E-state index in [1.54, 1.807) is 6.92 Å². The van der Waals surface area contributed by atoms with Gasteiger partial charge < -0.3 is 9.47 Å². The van der Waals surface area contributed by atoms with Crippen LogP contribution in [0.3, 0.4) is 0 Å². The lowest BCUT2D eigenvalue weighted by Crippen LogP contribution is -2.17. The first kappa shape index (κ1) is 24.2. The van der Waals surface area contributed by atoms with Crippen molar-refractivity contribution >= 4 is 11.5 Å². The first-order chi connectivity index (χ1) is 14.8. The highest BCUT2D eigenvalue weighted by molar-refractivity contribution is 5.83. The summed E-state index contributed by atoms with van der Waals surface area (Å²) in [6, 6.07) is 16.9. The van der Waals surface area contributed by atoms with Crippen LogP contribution in [0.15, 0.2) is 78.4 Å². The summed E-state index contributed by atoms with van der Waals surface area (Å²) < 4.78 is 10.7. The van der Waals surface area contributed by atoms with Gasteiger partial charge in [0, 0.05) is 17.1 Å². The Morgan fingerprint density at radius 3 is 2.48 bits per heavy atom. The van der Waals surface area contributed by atoms with E-state index in [-0.39, 0.29) is 11.4 Å². The summed E-state index contributed by atoms with van der Waals surface area (Å²) in [6.45, 7) is 13.3. The number of carbonyl (C=O) groups excluding carboxylic acids is 1. The molecule has 3 rings (SSSR count). The maximum absolute atomic E-state index is 10.8. The van der Waals surface area contributed by atoms with Crippen molar-refractivity contribution in [3.8, 4) is 16.9 Å². The third-order valence-electron chi connectivity index (χ3n) is 4.78. The fourth-order valence-electron chi connectivity index (χ4n) is 3.42. The molecule has 0 aliphatic carbocycles. The molecule has 0 atom stereocenters. The van der Waals surface area contributed by atoms with Gasteiger partial charge in [-0.1, -0.05) is 68.5 Å². The van der Waals surface area contributed by atoms with Crippen molar-refractivity contribution in [1.82, 2.24) is 0 Å². The number of hydrogen-bond donors (Lipinski definition) is 0. The lowest BCUT2D eigenvalue weighted by Gasteiger charge is -2.18. The molecule has 164 valence electrons. The van der Waals surface area contributed by atoms with Crippen LogP contribution >= 0.6 is 0 Å². The monoisotopic (exact) mass is 418 g/mol. The summed E-state index contributed by atoms with van der Waals surface area (Å²) in [7, 11) is 0. The summed E-state index contributed by atoms with van der Waals surface area (Å²) in [4.78, 5) is 10.8. The predicted molar refractivity (Wildman–Crippen MR) is 130 cm³/mol. The molecule has 1 aliphatic heterocycles. The van der Waals surface area contributed by atoms with E-state index in [9.17, 15) is 4.79 Å². The zero-order valence-electron chi connectivity index (χ0n) is 19.6. The number of hydrogen-bond acceptors (Lipinski definition) is 3. The molecule has 1 aliphatic rings. The standard InChI is InChI=1S/C19H20O.C9H14O2/c1-14-12-19(2,3)13-20-18-10-9-16(11-17(14)18)15-7-5-4-6-8-15;1-4-6-8(3)7-9(10)11-5-2/h4-12H,13H2,1-3H3;4,6-7H,5H2,1-3H3/b;6-4+,8-7+. The molecule has 0 bridgehead atoms. The first-order valence-electron chi connectivity index (χ1n) is 10.8. The molecule has 0 amide bonds. The Hall–Kier alpha value is -3.07. The topological polar surface area (TPSA) is 35.5 Å². The average molecular weight is 419 g/mol. The quantitative estimate of drug-likeness (QED) is 0.298. The molecule has 3 heteroatoms. The van der Waals surface area contributed by atoms with E-state index < -0.39 is 0 Å². The largest absolute Gasteiger partial charge is 0.492 e. The SMILES string of the molecule is C/C=C/C(C)=C/C(=O)OCC.CC1=CC(C)(C)COc2ccc(-c3ccccc3)cc21. The van der Waals surface area contributed by atoms with E-state index in [1.807, 2.05) is 32.1 Å². The van der Waals surface area contributed by atoms with E-state index in [2.05, 4.69) is 69.3 Å². The molecule has 2 aromatic carbocycles. The van der Waals surface area contributed by atoms with Crippen molar-refractivity contribution in [2.45, 2.75) is 41.5 Å². The summed E-state index contributed by atoms with van der Waals surface area (Å²) >= 11 is 0. The van der Waals surface area contributed by atoms with Crippen LogP contribution in [0.4, 0.5) is 0 Å². The number of esters is 1. The minimum atomic E-state index is -0.275. The molecule has 0 aromatic heterocycles. The van der Waals surface area contributed by atoms with E-state index in [4.69, 9.17) is 9.47 Å². The van der Waals surface area contributed by atoms with Gasteiger partial charge in [-0.05, 0) is 62.1 Å². The van der Waals surface area contributed by atoms with Crippen LogP contribution in [0.1, 0.15) is 47.1 Å². The van der Waals surface area contributed by atoms with Gasteiger partial charge in [-0.25, -0.2) is 4.79 Å². The third kappa shape index (κ3) is 7.60. The van der Waals surface area contributed by atoms with Gasteiger partial charge in [0.2, 0.25) is 0 Å². The van der Waals surface area contributed by atoms with Crippen LogP contribution in [0.5, 0.6) is 5.75 Å². The molecule has 3 nitrogen and oxygen atoms in total. The number of allylic oxidation sites excluding steroid dienone is 4. The van der Waals surface area contributed by atoms with Crippen molar-refractivity contribution in [2.75, 3.05) is 13.2 Å². The van der Waals surface area contributed by atoms with Gasteiger partial charge in [-0.3, -0.25) is 0 Å². The van der Waals surface area contributed by atoms with Crippen LogP contribution in [-0.4, -0.2) is 19.2 Å². The Balaban J connectivity index is 0.000000267. The molecular formula is C28H34O3. The maximum Gasteiger partial charge on any atom is 0.330 e. The number of carbonyl (C=O) groups is 1. The van der Waals surface area contributed by atoms with E-state index in [0.717, 1.165) is 17.9 Å². The molecule has 0 unspecified atom stereocenters. The van der Waals surface area contributed by atoms with E-state index >= 15 is 0 Å². The molecule has 0 spiro atoms. The second-order valence-corrected chi connectivity index (χ2v) is 8.32. The lowest BCUT2D eigenvalue weighted by atomic mass is 9.90. The van der Waals surface area contributed by atoms with Crippen LogP contribution in [0, 0.1) is 5.41 Å². The van der Waals surface area contributed by atoms with Crippen molar-refractivity contribution < 1.29 is 14.3 Å². The number of rotatable bonds is 4. The van der Waals surface area contributed by atoms with Gasteiger partial charge in [0.1, 0.15) is 5.75 Å². The maximum atomic E-state index is 10.8. The highest BCUT2D eigenvalue weighted by atomic mass is 16.5. The van der Waals surface area contributed by atoms with Crippen LogP contribution in [0.2, 0.25) is 0 Å². The van der Waals surface area contributed by atoms with Gasteiger partial charge >= 0.3 is 5.97 Å². The minimum Gasteiger partial charge on any atom is -0.492 e. The Morgan fingerprint density at radius 1 is 1.13 bits per heavy atom. The highest BCUT2D eigenvalue weighted by Crippen LogP contribution is 2.37. The van der Waals surface area contributed by atoms with Crippen molar-refractivity contribution in [3.63, 3.8) is 0 Å². The van der Waals surface area contributed by atoms with Crippen LogP contribution < -0.4 is 4.74 Å². The fourth-order valence-corrected chi connectivity index (χ4v) is 3.42. The van der Waals surface area contributed by atoms with Gasteiger partial charge in [-0.15, -0.1) is 0 Å². The normalized spacial score (nSPS) is 15.0. The number of fused-ring (bicyclic) bond motifs is 1. The van der Waals surface area contributed by atoms with Crippen molar-refractivity contribution in [1.29, 1.82) is 0 Å². The van der Waals surface area contributed by atoms with E-state index in [1.165, 1.54) is 28.3 Å². The predicted octanol–water partition coefficient (Wildman–Crippen LogP) is 7.25. The number of benzene rings is 2. The van der Waals surface area contributed by atoms with Gasteiger partial charge in [0.25, 0.3) is 0 Å². The number of ether oxygens (including phenoxy) is 2. The third-order valence-corrected chi connectivity index (χ3v) is 4.78. The zero-order valence-corrected chi connectivity index (χ0v) is 19.6.